The number of anilines is 4. The predicted molar refractivity (Wildman–Crippen MR) is 214 cm³/mol. The second kappa shape index (κ2) is 17.7. The fourth-order valence-electron chi connectivity index (χ4n) is 9.11. The molecule has 0 spiro atoms. The first-order chi connectivity index (χ1) is 27.8. The maximum absolute atomic E-state index is 15.2. The lowest BCUT2D eigenvalue weighted by atomic mass is 9.83. The monoisotopic (exact) mass is 785 g/mol. The summed E-state index contributed by atoms with van der Waals surface area (Å²) >= 11 is 0. The quantitative estimate of drug-likeness (QED) is 0.213. The molecule has 304 valence electrons. The minimum absolute atomic E-state index is 0.0209. The van der Waals surface area contributed by atoms with E-state index in [1.807, 2.05) is 24.3 Å². The van der Waals surface area contributed by atoms with Crippen LogP contribution in [0.25, 0.3) is 11.3 Å². The number of halogens is 2. The van der Waals surface area contributed by atoms with E-state index < -0.39 is 11.9 Å². The highest BCUT2D eigenvalue weighted by atomic mass is 19.1. The maximum Gasteiger partial charge on any atom is 0.249 e. The van der Waals surface area contributed by atoms with Gasteiger partial charge in [0.25, 0.3) is 0 Å². The number of hydrogen-bond acceptors (Lipinski definition) is 11. The Bertz CT molecular complexity index is 1910. The van der Waals surface area contributed by atoms with E-state index in [0.717, 1.165) is 83.2 Å². The zero-order valence-electron chi connectivity index (χ0n) is 32.4. The second-order valence-corrected chi connectivity index (χ2v) is 16.1. The summed E-state index contributed by atoms with van der Waals surface area (Å²) in [6, 6.07) is 12.9. The van der Waals surface area contributed by atoms with E-state index in [4.69, 9.17) is 4.74 Å². The fraction of sp³-hybridized carbons (Fsp3) is 0.548. The zero-order valence-corrected chi connectivity index (χ0v) is 32.4. The Morgan fingerprint density at radius 1 is 0.789 bits per heavy atom. The average molecular weight is 786 g/mol. The summed E-state index contributed by atoms with van der Waals surface area (Å²) in [7, 11) is 0. The van der Waals surface area contributed by atoms with Gasteiger partial charge in [0, 0.05) is 86.7 Å². The first kappa shape index (κ1) is 39.0. The lowest BCUT2D eigenvalue weighted by Gasteiger charge is -2.42. The van der Waals surface area contributed by atoms with Gasteiger partial charge in [0.1, 0.15) is 17.6 Å². The number of piperidine rings is 1. The Kier molecular flexibility index (Phi) is 12.1. The number of aromatic nitrogens is 2. The molecular weight excluding hydrogens is 733 g/mol. The summed E-state index contributed by atoms with van der Waals surface area (Å²) in [5, 5.41) is 12.1. The summed E-state index contributed by atoms with van der Waals surface area (Å²) in [5.41, 5.74) is 3.08. The summed E-state index contributed by atoms with van der Waals surface area (Å²) in [4.78, 5) is 52.5. The molecule has 0 bridgehead atoms. The number of morpholine rings is 1. The number of nitrogens with zero attached hydrogens (tertiary/aromatic N) is 5. The molecule has 2 aliphatic carbocycles. The van der Waals surface area contributed by atoms with Crippen molar-refractivity contribution in [2.45, 2.75) is 88.4 Å². The van der Waals surface area contributed by atoms with Crippen LogP contribution in [0.5, 0.6) is 0 Å². The van der Waals surface area contributed by atoms with Crippen LogP contribution in [0.2, 0.25) is 0 Å². The number of imide groups is 1. The SMILES string of the molecule is O=C1CCC(Nc2ccc(N3CCN(C4CCC(C(=O)NC5CCC(Nc6ncc(F)c(-c7cccc(N8CCOCC8)c7)n6)CC5)CC4)CC3)c(F)c2)C(=O)N1. The van der Waals surface area contributed by atoms with Crippen molar-refractivity contribution in [3.05, 3.63) is 60.3 Å². The molecule has 57 heavy (non-hydrogen) atoms. The number of carbonyl (C=O) groups excluding carboxylic acids is 3. The first-order valence-corrected chi connectivity index (χ1v) is 20.7. The maximum atomic E-state index is 15.2. The third-order valence-electron chi connectivity index (χ3n) is 12.4. The summed E-state index contributed by atoms with van der Waals surface area (Å²) in [6.07, 6.45) is 9.00. The number of carbonyl (C=O) groups is 3. The smallest absolute Gasteiger partial charge is 0.249 e. The molecule has 4 heterocycles. The molecule has 1 aromatic heterocycles. The van der Waals surface area contributed by atoms with Gasteiger partial charge in [-0.2, -0.15) is 0 Å². The molecule has 15 heteroatoms. The molecule has 1 atom stereocenters. The van der Waals surface area contributed by atoms with Crippen LogP contribution < -0.4 is 31.1 Å². The number of amides is 3. The zero-order chi connectivity index (χ0) is 39.3. The number of rotatable bonds is 10. The van der Waals surface area contributed by atoms with Crippen molar-refractivity contribution in [2.24, 2.45) is 5.92 Å². The van der Waals surface area contributed by atoms with Gasteiger partial charge in [-0.05, 0) is 88.1 Å². The highest BCUT2D eigenvalue weighted by Gasteiger charge is 2.33. The van der Waals surface area contributed by atoms with Gasteiger partial charge in [0.15, 0.2) is 5.82 Å². The predicted octanol–water partition coefficient (Wildman–Crippen LogP) is 4.70. The molecule has 4 N–H and O–H groups in total. The Hall–Kier alpha value is -4.89. The van der Waals surface area contributed by atoms with Crippen molar-refractivity contribution in [3.8, 4) is 11.3 Å². The van der Waals surface area contributed by atoms with Crippen LogP contribution in [0.3, 0.4) is 0 Å². The van der Waals surface area contributed by atoms with Crippen molar-refractivity contribution >= 4 is 40.7 Å². The molecule has 8 rings (SSSR count). The van der Waals surface area contributed by atoms with Gasteiger partial charge in [0.2, 0.25) is 23.7 Å². The van der Waals surface area contributed by atoms with E-state index in [1.165, 1.54) is 12.3 Å². The lowest BCUT2D eigenvalue weighted by molar-refractivity contribution is -0.133. The highest BCUT2D eigenvalue weighted by molar-refractivity contribution is 6.01. The number of nitrogens with one attached hydrogen (secondary N) is 4. The third-order valence-corrected chi connectivity index (χ3v) is 12.4. The second-order valence-electron chi connectivity index (χ2n) is 16.1. The summed E-state index contributed by atoms with van der Waals surface area (Å²) in [6.45, 7) is 6.04. The van der Waals surface area contributed by atoms with Crippen molar-refractivity contribution < 1.29 is 27.9 Å². The van der Waals surface area contributed by atoms with Crippen LogP contribution in [0.1, 0.15) is 64.2 Å². The minimum atomic E-state index is -0.558. The molecule has 2 saturated carbocycles. The van der Waals surface area contributed by atoms with Crippen molar-refractivity contribution in [1.82, 2.24) is 25.5 Å². The van der Waals surface area contributed by atoms with Crippen LogP contribution in [0.15, 0.2) is 48.7 Å². The largest absolute Gasteiger partial charge is 0.378 e. The molecule has 0 radical (unpaired) electrons. The van der Waals surface area contributed by atoms with Crippen LogP contribution in [-0.2, 0) is 19.1 Å². The van der Waals surface area contributed by atoms with Gasteiger partial charge in [0.05, 0.1) is 25.1 Å². The molecule has 3 aromatic rings. The van der Waals surface area contributed by atoms with Crippen molar-refractivity contribution in [1.29, 1.82) is 0 Å². The number of benzene rings is 2. The fourth-order valence-corrected chi connectivity index (χ4v) is 9.11. The minimum Gasteiger partial charge on any atom is -0.378 e. The third kappa shape index (κ3) is 9.47. The Balaban J connectivity index is 0.750. The molecule has 1 unspecified atom stereocenters. The van der Waals surface area contributed by atoms with Crippen molar-refractivity contribution in [3.63, 3.8) is 0 Å². The van der Waals surface area contributed by atoms with E-state index in [2.05, 4.69) is 45.9 Å². The molecule has 13 nitrogen and oxygen atoms in total. The van der Waals surface area contributed by atoms with Gasteiger partial charge < -0.3 is 30.5 Å². The van der Waals surface area contributed by atoms with E-state index >= 15 is 4.39 Å². The first-order valence-electron chi connectivity index (χ1n) is 20.7. The van der Waals surface area contributed by atoms with E-state index in [0.29, 0.717) is 61.7 Å². The molecule has 5 aliphatic rings. The van der Waals surface area contributed by atoms with Crippen LogP contribution in [0, 0.1) is 17.6 Å². The highest BCUT2D eigenvalue weighted by Crippen LogP contribution is 2.32. The average Bonchev–Trinajstić information content (AvgIpc) is 3.24. The Morgan fingerprint density at radius 3 is 2.28 bits per heavy atom. The number of ether oxygens (including phenoxy) is 1. The lowest BCUT2D eigenvalue weighted by Crippen LogP contribution is -2.52. The Morgan fingerprint density at radius 2 is 1.54 bits per heavy atom. The normalized spacial score (nSPS) is 26.1. The van der Waals surface area contributed by atoms with E-state index in [1.54, 1.807) is 12.1 Å². The van der Waals surface area contributed by atoms with Crippen molar-refractivity contribution in [2.75, 3.05) is 72.9 Å². The van der Waals surface area contributed by atoms with E-state index in [9.17, 15) is 18.8 Å². The molecule has 3 amide bonds. The van der Waals surface area contributed by atoms with Gasteiger partial charge in [-0.3, -0.25) is 24.6 Å². The van der Waals surface area contributed by atoms with Gasteiger partial charge in [-0.25, -0.2) is 18.7 Å². The topological polar surface area (TPSA) is 144 Å². The van der Waals surface area contributed by atoms with Crippen LogP contribution in [0.4, 0.5) is 31.8 Å². The van der Waals surface area contributed by atoms with Gasteiger partial charge in [-0.1, -0.05) is 12.1 Å². The standard InChI is InChI=1S/C42H53F2N9O4/c43-34-25-31(46-36-13-15-38(54)49-41(36)56)10-14-37(34)53-18-16-51(17-19-53)32-11-4-27(5-12-32)40(55)47-29-6-8-30(9-7-29)48-42-45-26-35(44)39(50-42)28-2-1-3-33(24-28)52-20-22-57-23-21-52/h1-3,10,14,24-27,29-30,32,36,46H,4-9,11-13,15-23H2,(H,47,55)(H,45,48,50)(H,49,54,56). The van der Waals surface area contributed by atoms with Gasteiger partial charge in [-0.15, -0.1) is 0 Å². The molecule has 3 aliphatic heterocycles. The van der Waals surface area contributed by atoms with Crippen LogP contribution in [-0.4, -0.2) is 109 Å². The molecule has 5 fully saturated rings. The number of hydrogen-bond donors (Lipinski definition) is 4. The molecule has 2 aromatic carbocycles. The van der Waals surface area contributed by atoms with Crippen LogP contribution >= 0.6 is 0 Å². The molecular formula is C42H53F2N9O4. The van der Waals surface area contributed by atoms with Gasteiger partial charge >= 0.3 is 0 Å². The Labute approximate surface area is 332 Å². The summed E-state index contributed by atoms with van der Waals surface area (Å²) in [5.74, 6) is -0.868. The number of piperazine rings is 1. The molecule has 3 saturated heterocycles. The van der Waals surface area contributed by atoms with E-state index in [-0.39, 0.29) is 53.7 Å². The summed E-state index contributed by atoms with van der Waals surface area (Å²) < 4.78 is 35.7.